The van der Waals surface area contributed by atoms with Gasteiger partial charge in [-0.05, 0) is 37.1 Å². The third-order valence-corrected chi connectivity index (χ3v) is 5.43. The maximum atomic E-state index is 12.4. The Balaban J connectivity index is 1.63. The Morgan fingerprint density at radius 3 is 2.92 bits per heavy atom. The van der Waals surface area contributed by atoms with E-state index in [4.69, 9.17) is 4.74 Å². The van der Waals surface area contributed by atoms with Crippen LogP contribution in [0.5, 0.6) is 0 Å². The number of ether oxygens (including phenoxy) is 1. The van der Waals surface area contributed by atoms with E-state index in [0.717, 1.165) is 12.8 Å². The number of carbonyl (C=O) groups is 1. The highest BCUT2D eigenvalue weighted by molar-refractivity contribution is 7.89. The van der Waals surface area contributed by atoms with Crippen LogP contribution in [-0.4, -0.2) is 43.5 Å². The summed E-state index contributed by atoms with van der Waals surface area (Å²) in [4.78, 5) is 20.1. The number of nitrogens with one attached hydrogen (secondary N) is 2. The van der Waals surface area contributed by atoms with Crippen molar-refractivity contribution in [3.63, 3.8) is 0 Å². The van der Waals surface area contributed by atoms with Crippen LogP contribution >= 0.6 is 0 Å². The molecule has 8 nitrogen and oxygen atoms in total. The molecule has 3 rings (SSSR count). The summed E-state index contributed by atoms with van der Waals surface area (Å²) in [7, 11) is -3.70. The van der Waals surface area contributed by atoms with Gasteiger partial charge in [-0.25, -0.2) is 23.1 Å². The molecule has 1 aliphatic rings. The van der Waals surface area contributed by atoms with E-state index < -0.39 is 10.0 Å². The maximum Gasteiger partial charge on any atom is 0.251 e. The van der Waals surface area contributed by atoms with E-state index in [1.165, 1.54) is 18.5 Å². The second kappa shape index (κ2) is 8.35. The summed E-state index contributed by atoms with van der Waals surface area (Å²) >= 11 is 0. The lowest BCUT2D eigenvalue weighted by molar-refractivity contribution is 0.0950. The van der Waals surface area contributed by atoms with Gasteiger partial charge in [0.25, 0.3) is 5.91 Å². The van der Waals surface area contributed by atoms with Crippen LogP contribution in [0, 0.1) is 0 Å². The number of benzene rings is 1. The monoisotopic (exact) mass is 376 g/mol. The Morgan fingerprint density at radius 2 is 2.19 bits per heavy atom. The summed E-state index contributed by atoms with van der Waals surface area (Å²) in [6, 6.07) is 7.61. The molecule has 0 spiro atoms. The smallest absolute Gasteiger partial charge is 0.251 e. The van der Waals surface area contributed by atoms with Gasteiger partial charge in [0, 0.05) is 24.9 Å². The standard InChI is InChI=1S/C17H20N4O4S/c22-17(19-10-14-6-7-18-12-20-14)13-3-1-5-16(9-13)26(23,24)21-11-15-4-2-8-25-15/h1,3,5-7,9,12,15,21H,2,4,8,10-11H2,(H,19,22)/t15-/m1/s1. The molecular weight excluding hydrogens is 356 g/mol. The maximum absolute atomic E-state index is 12.4. The fourth-order valence-corrected chi connectivity index (χ4v) is 3.70. The molecule has 0 aliphatic carbocycles. The van der Waals surface area contributed by atoms with Crippen LogP contribution in [0.3, 0.4) is 0 Å². The average molecular weight is 376 g/mol. The number of carbonyl (C=O) groups excluding carboxylic acids is 1. The number of nitrogens with zero attached hydrogens (tertiary/aromatic N) is 2. The highest BCUT2D eigenvalue weighted by Crippen LogP contribution is 2.14. The first-order valence-electron chi connectivity index (χ1n) is 8.29. The van der Waals surface area contributed by atoms with Crippen molar-refractivity contribution in [2.45, 2.75) is 30.4 Å². The number of sulfonamides is 1. The fraction of sp³-hybridized carbons (Fsp3) is 0.353. The van der Waals surface area contributed by atoms with E-state index in [2.05, 4.69) is 20.0 Å². The number of aromatic nitrogens is 2. The Morgan fingerprint density at radius 1 is 1.31 bits per heavy atom. The van der Waals surface area contributed by atoms with Crippen molar-refractivity contribution < 1.29 is 17.9 Å². The highest BCUT2D eigenvalue weighted by atomic mass is 32.2. The van der Waals surface area contributed by atoms with Crippen LogP contribution in [0.4, 0.5) is 0 Å². The van der Waals surface area contributed by atoms with Crippen molar-refractivity contribution in [1.29, 1.82) is 0 Å². The molecule has 1 aliphatic heterocycles. The topological polar surface area (TPSA) is 110 Å². The van der Waals surface area contributed by atoms with E-state index in [0.29, 0.717) is 12.3 Å². The summed E-state index contributed by atoms with van der Waals surface area (Å²) in [5, 5.41) is 2.71. The normalized spacial score (nSPS) is 17.2. The van der Waals surface area contributed by atoms with Gasteiger partial charge in [0.2, 0.25) is 10.0 Å². The molecule has 0 radical (unpaired) electrons. The minimum atomic E-state index is -3.70. The number of rotatable bonds is 7. The van der Waals surface area contributed by atoms with Crippen molar-refractivity contribution in [3.05, 3.63) is 54.1 Å². The van der Waals surface area contributed by atoms with Crippen molar-refractivity contribution in [3.8, 4) is 0 Å². The molecule has 0 unspecified atom stereocenters. The van der Waals surface area contributed by atoms with Gasteiger partial charge in [-0.15, -0.1) is 0 Å². The zero-order valence-corrected chi connectivity index (χ0v) is 14.9. The quantitative estimate of drug-likeness (QED) is 0.742. The number of hydrogen-bond donors (Lipinski definition) is 2. The van der Waals surface area contributed by atoms with Crippen LogP contribution in [0.1, 0.15) is 28.9 Å². The summed E-state index contributed by atoms with van der Waals surface area (Å²) in [5.41, 5.74) is 0.925. The second-order valence-corrected chi connectivity index (χ2v) is 7.67. The molecule has 2 aromatic rings. The van der Waals surface area contributed by atoms with Crippen LogP contribution in [0.15, 0.2) is 47.8 Å². The van der Waals surface area contributed by atoms with Gasteiger partial charge in [0.15, 0.2) is 0 Å². The van der Waals surface area contributed by atoms with E-state index in [-0.39, 0.29) is 35.6 Å². The lowest BCUT2D eigenvalue weighted by Gasteiger charge is -2.12. The molecule has 138 valence electrons. The molecule has 1 atom stereocenters. The molecule has 1 saturated heterocycles. The minimum absolute atomic E-state index is 0.0465. The Bertz CT molecular complexity index is 852. The first-order chi connectivity index (χ1) is 12.5. The van der Waals surface area contributed by atoms with Crippen molar-refractivity contribution in [2.24, 2.45) is 0 Å². The molecule has 9 heteroatoms. The average Bonchev–Trinajstić information content (AvgIpc) is 3.19. The molecule has 1 aromatic heterocycles. The molecule has 26 heavy (non-hydrogen) atoms. The molecule has 0 saturated carbocycles. The number of amides is 1. The fourth-order valence-electron chi connectivity index (χ4n) is 2.59. The van der Waals surface area contributed by atoms with E-state index in [9.17, 15) is 13.2 Å². The summed E-state index contributed by atoms with van der Waals surface area (Å²) in [6.45, 7) is 1.12. The van der Waals surface area contributed by atoms with Gasteiger partial charge in [0.1, 0.15) is 6.33 Å². The van der Waals surface area contributed by atoms with Crippen LogP contribution in [-0.2, 0) is 21.3 Å². The predicted molar refractivity (Wildman–Crippen MR) is 93.8 cm³/mol. The second-order valence-electron chi connectivity index (χ2n) is 5.90. The van der Waals surface area contributed by atoms with Crippen LogP contribution < -0.4 is 10.0 Å². The van der Waals surface area contributed by atoms with Crippen molar-refractivity contribution >= 4 is 15.9 Å². The Hall–Kier alpha value is -2.36. The van der Waals surface area contributed by atoms with Gasteiger partial charge in [0.05, 0.1) is 23.2 Å². The number of hydrogen-bond acceptors (Lipinski definition) is 6. The third kappa shape index (κ3) is 4.84. The molecule has 1 amide bonds. The first-order valence-corrected chi connectivity index (χ1v) is 9.77. The van der Waals surface area contributed by atoms with Crippen molar-refractivity contribution in [1.82, 2.24) is 20.0 Å². The van der Waals surface area contributed by atoms with Gasteiger partial charge in [-0.2, -0.15) is 0 Å². The zero-order valence-electron chi connectivity index (χ0n) is 14.1. The van der Waals surface area contributed by atoms with E-state index >= 15 is 0 Å². The Labute approximate surface area is 152 Å². The largest absolute Gasteiger partial charge is 0.377 e. The molecule has 1 fully saturated rings. The van der Waals surface area contributed by atoms with Crippen LogP contribution in [0.2, 0.25) is 0 Å². The summed E-state index contributed by atoms with van der Waals surface area (Å²) < 4.78 is 32.8. The highest BCUT2D eigenvalue weighted by Gasteiger charge is 2.21. The van der Waals surface area contributed by atoms with Crippen LogP contribution in [0.25, 0.3) is 0 Å². The summed E-state index contributed by atoms with van der Waals surface area (Å²) in [5.74, 6) is -0.375. The zero-order chi connectivity index (χ0) is 18.4. The molecule has 0 bridgehead atoms. The van der Waals surface area contributed by atoms with Gasteiger partial charge in [-0.1, -0.05) is 6.07 Å². The lowest BCUT2D eigenvalue weighted by Crippen LogP contribution is -2.32. The first kappa shape index (κ1) is 18.4. The van der Waals surface area contributed by atoms with E-state index in [1.807, 2.05) is 0 Å². The Kier molecular flexibility index (Phi) is 5.92. The SMILES string of the molecule is O=C(NCc1ccncn1)c1cccc(S(=O)(=O)NC[C@H]2CCCO2)c1. The van der Waals surface area contributed by atoms with Crippen molar-refractivity contribution in [2.75, 3.05) is 13.2 Å². The third-order valence-electron chi connectivity index (χ3n) is 4.00. The minimum Gasteiger partial charge on any atom is -0.377 e. The van der Waals surface area contributed by atoms with Gasteiger partial charge >= 0.3 is 0 Å². The molecular formula is C17H20N4O4S. The molecule has 1 aromatic carbocycles. The summed E-state index contributed by atoms with van der Waals surface area (Å²) in [6.07, 6.45) is 4.67. The van der Waals surface area contributed by atoms with Gasteiger partial charge in [-0.3, -0.25) is 4.79 Å². The van der Waals surface area contributed by atoms with Gasteiger partial charge < -0.3 is 10.1 Å². The predicted octanol–water partition coefficient (Wildman–Crippen LogP) is 0.864. The molecule has 2 heterocycles. The lowest BCUT2D eigenvalue weighted by atomic mass is 10.2. The molecule has 2 N–H and O–H groups in total. The van der Waals surface area contributed by atoms with E-state index in [1.54, 1.807) is 24.4 Å².